The summed E-state index contributed by atoms with van der Waals surface area (Å²) in [5.41, 5.74) is 1.72. The third kappa shape index (κ3) is 4.48. The van der Waals surface area contributed by atoms with Gasteiger partial charge in [-0.25, -0.2) is 4.98 Å². The van der Waals surface area contributed by atoms with Gasteiger partial charge in [-0.1, -0.05) is 24.3 Å². The second-order valence-electron chi connectivity index (χ2n) is 6.09. The molecule has 3 rings (SSSR count). The number of rotatable bonds is 5. The predicted molar refractivity (Wildman–Crippen MR) is 95.5 cm³/mol. The number of anilines is 1. The topological polar surface area (TPSA) is 73.2 Å². The van der Waals surface area contributed by atoms with Crippen molar-refractivity contribution < 1.29 is 27.5 Å². The summed E-state index contributed by atoms with van der Waals surface area (Å²) in [6, 6.07) is 12.9. The van der Waals surface area contributed by atoms with E-state index in [1.54, 1.807) is 30.3 Å². The summed E-state index contributed by atoms with van der Waals surface area (Å²) in [6.45, 7) is 0.525. The van der Waals surface area contributed by atoms with Gasteiger partial charge in [-0.3, -0.25) is 9.59 Å². The van der Waals surface area contributed by atoms with Crippen LogP contribution in [0.15, 0.2) is 48.5 Å². The fraction of sp³-hybridized carbons (Fsp3) is 0.211. The van der Waals surface area contributed by atoms with Crippen LogP contribution >= 0.6 is 0 Å². The van der Waals surface area contributed by atoms with Gasteiger partial charge in [0.25, 0.3) is 5.91 Å². The highest BCUT2D eigenvalue weighted by atomic mass is 19.4. The van der Waals surface area contributed by atoms with E-state index in [0.29, 0.717) is 5.69 Å². The number of para-hydroxylation sites is 2. The molecule has 2 aromatic carbocycles. The van der Waals surface area contributed by atoms with Gasteiger partial charge in [0.05, 0.1) is 11.0 Å². The molecule has 0 aliphatic rings. The number of nitrogens with zero attached hydrogens (tertiary/aromatic N) is 2. The van der Waals surface area contributed by atoms with Crippen LogP contribution in [0.3, 0.4) is 0 Å². The van der Waals surface area contributed by atoms with E-state index in [0.717, 1.165) is 10.1 Å². The Morgan fingerprint density at radius 2 is 1.89 bits per heavy atom. The summed E-state index contributed by atoms with van der Waals surface area (Å²) in [7, 11) is 0. The van der Waals surface area contributed by atoms with E-state index in [-0.39, 0.29) is 11.0 Å². The highest BCUT2D eigenvalue weighted by Crippen LogP contribution is 2.31. The molecular formula is C19H16F3N3O3. The molecule has 1 amide bonds. The molecule has 9 heteroatoms. The summed E-state index contributed by atoms with van der Waals surface area (Å²) < 4.78 is 45.2. The molecule has 0 saturated heterocycles. The number of amides is 1. The molecule has 6 nitrogen and oxygen atoms in total. The van der Waals surface area contributed by atoms with Crippen LogP contribution in [0.2, 0.25) is 0 Å². The summed E-state index contributed by atoms with van der Waals surface area (Å²) >= 11 is 0. The number of aromatic nitrogens is 2. The van der Waals surface area contributed by atoms with Crippen LogP contribution in [-0.2, 0) is 27.0 Å². The molecule has 146 valence electrons. The quantitative estimate of drug-likeness (QED) is 0.675. The number of fused-ring (bicyclic) bond motifs is 1. The van der Waals surface area contributed by atoms with Gasteiger partial charge in [-0.2, -0.15) is 13.2 Å². The van der Waals surface area contributed by atoms with Crippen molar-refractivity contribution >= 4 is 28.6 Å². The Morgan fingerprint density at radius 3 is 2.61 bits per heavy atom. The minimum absolute atomic E-state index is 0.111. The maximum atomic E-state index is 13.2. The van der Waals surface area contributed by atoms with Crippen LogP contribution in [0, 0.1) is 6.92 Å². The Hall–Kier alpha value is -3.36. The monoisotopic (exact) mass is 391 g/mol. The minimum atomic E-state index is -4.73. The first-order valence-corrected chi connectivity index (χ1v) is 8.28. The molecule has 0 aliphatic heterocycles. The zero-order valence-electron chi connectivity index (χ0n) is 14.8. The van der Waals surface area contributed by atoms with E-state index in [1.807, 2.05) is 13.0 Å². The third-order valence-corrected chi connectivity index (χ3v) is 3.86. The molecule has 0 bridgehead atoms. The van der Waals surface area contributed by atoms with Gasteiger partial charge in [0.2, 0.25) is 5.82 Å². The number of carbonyl (C=O) groups excluding carboxylic acids is 2. The van der Waals surface area contributed by atoms with Gasteiger partial charge in [-0.15, -0.1) is 0 Å². The molecule has 0 spiro atoms. The van der Waals surface area contributed by atoms with Crippen LogP contribution < -0.4 is 5.32 Å². The molecule has 3 aromatic rings. The Kier molecular flexibility index (Phi) is 5.34. The fourth-order valence-electron chi connectivity index (χ4n) is 2.69. The van der Waals surface area contributed by atoms with Crippen LogP contribution in [0.4, 0.5) is 18.9 Å². The van der Waals surface area contributed by atoms with Crippen molar-refractivity contribution in [1.82, 2.24) is 9.55 Å². The van der Waals surface area contributed by atoms with Crippen molar-refractivity contribution in [3.8, 4) is 0 Å². The largest absolute Gasteiger partial charge is 0.454 e. The molecule has 0 atom stereocenters. The lowest BCUT2D eigenvalue weighted by atomic mass is 10.2. The van der Waals surface area contributed by atoms with Crippen molar-refractivity contribution in [3.05, 3.63) is 59.9 Å². The highest BCUT2D eigenvalue weighted by Gasteiger charge is 2.38. The Labute approximate surface area is 157 Å². The molecule has 1 heterocycles. The maximum absolute atomic E-state index is 13.2. The van der Waals surface area contributed by atoms with Gasteiger partial charge in [-0.05, 0) is 36.8 Å². The van der Waals surface area contributed by atoms with Gasteiger partial charge in [0.15, 0.2) is 6.61 Å². The lowest BCUT2D eigenvalue weighted by molar-refractivity contribution is -0.152. The zero-order chi connectivity index (χ0) is 20.3. The molecule has 0 unspecified atom stereocenters. The van der Waals surface area contributed by atoms with Crippen molar-refractivity contribution in [3.63, 3.8) is 0 Å². The SMILES string of the molecule is Cc1cccc(NC(=O)COC(=O)Cn2c(C(F)(F)F)nc3ccccc32)c1. The van der Waals surface area contributed by atoms with Gasteiger partial charge < -0.3 is 14.6 Å². The van der Waals surface area contributed by atoms with Crippen molar-refractivity contribution in [2.75, 3.05) is 11.9 Å². The maximum Gasteiger partial charge on any atom is 0.449 e. The number of halogens is 3. The first-order valence-electron chi connectivity index (χ1n) is 8.28. The Morgan fingerprint density at radius 1 is 1.14 bits per heavy atom. The molecule has 1 N–H and O–H groups in total. The molecular weight excluding hydrogens is 375 g/mol. The van der Waals surface area contributed by atoms with E-state index in [9.17, 15) is 22.8 Å². The van der Waals surface area contributed by atoms with Crippen LogP contribution in [-0.4, -0.2) is 28.0 Å². The molecule has 28 heavy (non-hydrogen) atoms. The number of alkyl halides is 3. The summed E-state index contributed by atoms with van der Waals surface area (Å²) in [5, 5.41) is 2.55. The zero-order valence-corrected chi connectivity index (χ0v) is 14.8. The van der Waals surface area contributed by atoms with Gasteiger partial charge in [0, 0.05) is 5.69 Å². The minimum Gasteiger partial charge on any atom is -0.454 e. The number of ether oxygens (including phenoxy) is 1. The van der Waals surface area contributed by atoms with Crippen molar-refractivity contribution in [1.29, 1.82) is 0 Å². The summed E-state index contributed by atoms with van der Waals surface area (Å²) in [6.07, 6.45) is -4.73. The Balaban J connectivity index is 1.67. The van der Waals surface area contributed by atoms with E-state index >= 15 is 0 Å². The van der Waals surface area contributed by atoms with Crippen LogP contribution in [0.25, 0.3) is 11.0 Å². The van der Waals surface area contributed by atoms with Gasteiger partial charge >= 0.3 is 12.1 Å². The normalized spacial score (nSPS) is 11.4. The molecule has 0 radical (unpaired) electrons. The number of hydrogen-bond acceptors (Lipinski definition) is 4. The summed E-state index contributed by atoms with van der Waals surface area (Å²) in [5.74, 6) is -2.77. The average molecular weight is 391 g/mol. The molecule has 0 fully saturated rings. The van der Waals surface area contributed by atoms with E-state index < -0.39 is 37.0 Å². The first kappa shape index (κ1) is 19.4. The van der Waals surface area contributed by atoms with Crippen LogP contribution in [0.5, 0.6) is 0 Å². The van der Waals surface area contributed by atoms with E-state index in [1.165, 1.54) is 12.1 Å². The number of nitrogens with one attached hydrogen (secondary N) is 1. The number of aryl methyl sites for hydroxylation is 1. The second-order valence-corrected chi connectivity index (χ2v) is 6.09. The van der Waals surface area contributed by atoms with Gasteiger partial charge in [0.1, 0.15) is 6.54 Å². The number of benzene rings is 2. The van der Waals surface area contributed by atoms with E-state index in [4.69, 9.17) is 4.74 Å². The standard InChI is InChI=1S/C19H16F3N3O3/c1-12-5-4-6-13(9-12)23-16(26)11-28-17(27)10-25-15-8-3-2-7-14(15)24-18(25)19(20,21)22/h2-9H,10-11H2,1H3,(H,23,26). The third-order valence-electron chi connectivity index (χ3n) is 3.86. The average Bonchev–Trinajstić information content (AvgIpc) is 2.99. The van der Waals surface area contributed by atoms with Crippen LogP contribution in [0.1, 0.15) is 11.4 Å². The summed E-state index contributed by atoms with van der Waals surface area (Å²) in [4.78, 5) is 27.5. The lowest BCUT2D eigenvalue weighted by Gasteiger charge is -2.11. The molecule has 1 aromatic heterocycles. The Bertz CT molecular complexity index is 1030. The second kappa shape index (κ2) is 7.71. The first-order chi connectivity index (χ1) is 13.2. The molecule has 0 aliphatic carbocycles. The lowest BCUT2D eigenvalue weighted by Crippen LogP contribution is -2.24. The fourth-order valence-corrected chi connectivity index (χ4v) is 2.69. The van der Waals surface area contributed by atoms with E-state index in [2.05, 4.69) is 10.3 Å². The molecule has 0 saturated carbocycles. The number of hydrogen-bond donors (Lipinski definition) is 1. The number of carbonyl (C=O) groups is 2. The number of esters is 1. The van der Waals surface area contributed by atoms with Crippen molar-refractivity contribution in [2.24, 2.45) is 0 Å². The number of imidazole rings is 1. The smallest absolute Gasteiger partial charge is 0.449 e. The highest BCUT2D eigenvalue weighted by molar-refractivity contribution is 5.93. The predicted octanol–water partition coefficient (Wildman–Crippen LogP) is 3.55. The van der Waals surface area contributed by atoms with Crippen molar-refractivity contribution in [2.45, 2.75) is 19.6 Å².